The summed E-state index contributed by atoms with van der Waals surface area (Å²) in [6, 6.07) is 5.44. The minimum absolute atomic E-state index is 0.144. The summed E-state index contributed by atoms with van der Waals surface area (Å²) in [7, 11) is 1.70. The number of benzene rings is 1. The number of hydrogen-bond acceptors (Lipinski definition) is 2. The van der Waals surface area contributed by atoms with Crippen LogP contribution in [-0.2, 0) is 0 Å². The molecule has 0 heterocycles. The lowest BCUT2D eigenvalue weighted by Gasteiger charge is -1.94. The van der Waals surface area contributed by atoms with Gasteiger partial charge in [0.15, 0.2) is 5.78 Å². The number of hydrogen-bond donors (Lipinski definition) is 1. The van der Waals surface area contributed by atoms with Crippen molar-refractivity contribution in [2.75, 3.05) is 7.05 Å². The Morgan fingerprint density at radius 3 is 2.54 bits per heavy atom. The van der Waals surface area contributed by atoms with Gasteiger partial charge in [-0.3, -0.25) is 4.79 Å². The molecule has 0 fully saturated rings. The van der Waals surface area contributed by atoms with Gasteiger partial charge in [-0.05, 0) is 24.3 Å². The zero-order chi connectivity index (χ0) is 9.68. The summed E-state index contributed by atoms with van der Waals surface area (Å²) < 4.78 is 12.5. The molecular weight excluding hydrogens is 169 g/mol. The van der Waals surface area contributed by atoms with Crippen molar-refractivity contribution in [2.45, 2.75) is 0 Å². The van der Waals surface area contributed by atoms with E-state index in [9.17, 15) is 9.18 Å². The lowest BCUT2D eigenvalue weighted by molar-refractivity contribution is 0.104. The number of rotatable bonds is 3. The first-order chi connectivity index (χ1) is 6.24. The fourth-order valence-corrected chi connectivity index (χ4v) is 0.869. The maximum atomic E-state index is 12.5. The van der Waals surface area contributed by atoms with Crippen LogP contribution in [0.25, 0.3) is 0 Å². The summed E-state index contributed by atoms with van der Waals surface area (Å²) in [6.45, 7) is 0. The van der Waals surface area contributed by atoms with Crippen LogP contribution < -0.4 is 5.32 Å². The van der Waals surface area contributed by atoms with Crippen LogP contribution in [0.5, 0.6) is 0 Å². The first-order valence-electron chi connectivity index (χ1n) is 3.88. The van der Waals surface area contributed by atoms with Crippen molar-refractivity contribution in [1.29, 1.82) is 0 Å². The molecule has 0 saturated carbocycles. The van der Waals surface area contributed by atoms with Crippen LogP contribution in [0, 0.1) is 5.82 Å². The van der Waals surface area contributed by atoms with Gasteiger partial charge in [0.25, 0.3) is 0 Å². The minimum atomic E-state index is -0.339. The highest BCUT2D eigenvalue weighted by Gasteiger charge is 2.00. The van der Waals surface area contributed by atoms with Crippen molar-refractivity contribution < 1.29 is 9.18 Å². The zero-order valence-corrected chi connectivity index (χ0v) is 7.25. The average molecular weight is 179 g/mol. The molecule has 68 valence electrons. The van der Waals surface area contributed by atoms with E-state index in [0.29, 0.717) is 5.56 Å². The average Bonchev–Trinajstić information content (AvgIpc) is 2.15. The Morgan fingerprint density at radius 2 is 2.00 bits per heavy atom. The summed E-state index contributed by atoms with van der Waals surface area (Å²) in [5, 5.41) is 2.70. The summed E-state index contributed by atoms with van der Waals surface area (Å²) in [6.07, 6.45) is 2.93. The van der Waals surface area contributed by atoms with Gasteiger partial charge in [0.05, 0.1) is 0 Å². The van der Waals surface area contributed by atoms with E-state index in [2.05, 4.69) is 5.32 Å². The van der Waals surface area contributed by atoms with Crippen molar-refractivity contribution >= 4 is 5.78 Å². The smallest absolute Gasteiger partial charge is 0.187 e. The van der Waals surface area contributed by atoms with Crippen LogP contribution >= 0.6 is 0 Å². The maximum absolute atomic E-state index is 12.5. The Bertz CT molecular complexity index is 316. The number of allylic oxidation sites excluding steroid dienone is 1. The predicted octanol–water partition coefficient (Wildman–Crippen LogP) is 1.74. The Kier molecular flexibility index (Phi) is 3.20. The molecule has 3 heteroatoms. The molecule has 0 aliphatic heterocycles. The SMILES string of the molecule is CN/C=C/C(=O)c1ccc(F)cc1. The third-order valence-corrected chi connectivity index (χ3v) is 1.53. The number of halogens is 1. The summed E-state index contributed by atoms with van der Waals surface area (Å²) in [4.78, 5) is 11.3. The predicted molar refractivity (Wildman–Crippen MR) is 48.9 cm³/mol. The summed E-state index contributed by atoms with van der Waals surface area (Å²) in [5.41, 5.74) is 0.480. The molecule has 0 atom stereocenters. The van der Waals surface area contributed by atoms with E-state index in [1.807, 2.05) is 0 Å². The quantitative estimate of drug-likeness (QED) is 0.565. The molecule has 0 saturated heterocycles. The van der Waals surface area contributed by atoms with Gasteiger partial charge in [-0.25, -0.2) is 4.39 Å². The van der Waals surface area contributed by atoms with Crippen LogP contribution in [0.15, 0.2) is 36.5 Å². The normalized spacial score (nSPS) is 10.3. The highest BCUT2D eigenvalue weighted by Crippen LogP contribution is 2.03. The monoisotopic (exact) mass is 179 g/mol. The highest BCUT2D eigenvalue weighted by atomic mass is 19.1. The Hall–Kier alpha value is -1.64. The first kappa shape index (κ1) is 9.45. The van der Waals surface area contributed by atoms with Crippen molar-refractivity contribution in [3.8, 4) is 0 Å². The van der Waals surface area contributed by atoms with Gasteiger partial charge < -0.3 is 5.32 Å². The molecule has 0 spiro atoms. The third-order valence-electron chi connectivity index (χ3n) is 1.53. The number of carbonyl (C=O) groups excluding carboxylic acids is 1. The van der Waals surface area contributed by atoms with Crippen molar-refractivity contribution in [2.24, 2.45) is 0 Å². The van der Waals surface area contributed by atoms with Gasteiger partial charge >= 0.3 is 0 Å². The second kappa shape index (κ2) is 4.40. The molecule has 0 aromatic heterocycles. The van der Waals surface area contributed by atoms with E-state index in [1.54, 1.807) is 7.05 Å². The van der Waals surface area contributed by atoms with E-state index in [0.717, 1.165) is 0 Å². The Morgan fingerprint density at radius 1 is 1.38 bits per heavy atom. The first-order valence-corrected chi connectivity index (χ1v) is 3.88. The van der Waals surface area contributed by atoms with E-state index in [4.69, 9.17) is 0 Å². The van der Waals surface area contributed by atoms with Crippen molar-refractivity contribution in [1.82, 2.24) is 5.32 Å². The van der Waals surface area contributed by atoms with Crippen molar-refractivity contribution in [3.05, 3.63) is 47.9 Å². The molecule has 0 amide bonds. The summed E-state index contributed by atoms with van der Waals surface area (Å²) >= 11 is 0. The van der Waals surface area contributed by atoms with E-state index in [-0.39, 0.29) is 11.6 Å². The molecule has 13 heavy (non-hydrogen) atoms. The Labute approximate surface area is 76.1 Å². The largest absolute Gasteiger partial charge is 0.394 e. The highest BCUT2D eigenvalue weighted by molar-refractivity contribution is 6.04. The van der Waals surface area contributed by atoms with Gasteiger partial charge in [0, 0.05) is 24.9 Å². The van der Waals surface area contributed by atoms with Crippen LogP contribution in [-0.4, -0.2) is 12.8 Å². The van der Waals surface area contributed by atoms with Crippen LogP contribution in [0.3, 0.4) is 0 Å². The van der Waals surface area contributed by atoms with Gasteiger partial charge in [0.2, 0.25) is 0 Å². The standard InChI is InChI=1S/C10H10FNO/c1-12-7-6-10(13)8-2-4-9(11)5-3-8/h2-7,12H,1H3/b7-6+. The molecule has 1 aromatic rings. The lowest BCUT2D eigenvalue weighted by atomic mass is 10.1. The zero-order valence-electron chi connectivity index (χ0n) is 7.25. The molecule has 0 bridgehead atoms. The molecule has 0 aliphatic rings. The van der Waals surface area contributed by atoms with E-state index >= 15 is 0 Å². The third kappa shape index (κ3) is 2.71. The molecule has 1 rings (SSSR count). The molecule has 0 radical (unpaired) electrons. The van der Waals surface area contributed by atoms with Gasteiger partial charge in [-0.2, -0.15) is 0 Å². The maximum Gasteiger partial charge on any atom is 0.187 e. The molecule has 0 unspecified atom stereocenters. The summed E-state index contributed by atoms with van der Waals surface area (Å²) in [5.74, 6) is -0.483. The fourth-order valence-electron chi connectivity index (χ4n) is 0.869. The van der Waals surface area contributed by atoms with Crippen LogP contribution in [0.4, 0.5) is 4.39 Å². The molecule has 1 aromatic carbocycles. The number of carbonyl (C=O) groups is 1. The molecule has 1 N–H and O–H groups in total. The second-order valence-electron chi connectivity index (χ2n) is 2.49. The van der Waals surface area contributed by atoms with Gasteiger partial charge in [-0.15, -0.1) is 0 Å². The minimum Gasteiger partial charge on any atom is -0.394 e. The fraction of sp³-hybridized carbons (Fsp3) is 0.100. The second-order valence-corrected chi connectivity index (χ2v) is 2.49. The Balaban J connectivity index is 2.78. The van der Waals surface area contributed by atoms with Gasteiger partial charge in [-0.1, -0.05) is 0 Å². The number of nitrogens with one attached hydrogen (secondary N) is 1. The van der Waals surface area contributed by atoms with E-state index < -0.39 is 0 Å². The van der Waals surface area contributed by atoms with Gasteiger partial charge in [0.1, 0.15) is 5.82 Å². The molecular formula is C10H10FNO. The number of ketones is 1. The van der Waals surface area contributed by atoms with Crippen LogP contribution in [0.2, 0.25) is 0 Å². The molecule has 0 aliphatic carbocycles. The topological polar surface area (TPSA) is 29.1 Å². The molecule has 2 nitrogen and oxygen atoms in total. The van der Waals surface area contributed by atoms with Crippen molar-refractivity contribution in [3.63, 3.8) is 0 Å². The van der Waals surface area contributed by atoms with Crippen LogP contribution in [0.1, 0.15) is 10.4 Å². The van der Waals surface area contributed by atoms with E-state index in [1.165, 1.54) is 36.5 Å². The lowest BCUT2D eigenvalue weighted by Crippen LogP contribution is -1.98.